The van der Waals surface area contributed by atoms with E-state index in [1.807, 2.05) is 24.3 Å². The summed E-state index contributed by atoms with van der Waals surface area (Å²) < 4.78 is 5.76. The number of rotatable bonds is 7. The van der Waals surface area contributed by atoms with Crippen molar-refractivity contribution < 1.29 is 33.5 Å². The molecule has 2 aliphatic rings. The first-order valence-electron chi connectivity index (χ1n) is 14.1. The Labute approximate surface area is 249 Å². The van der Waals surface area contributed by atoms with Crippen LogP contribution in [0, 0.1) is 0 Å². The van der Waals surface area contributed by atoms with E-state index in [1.165, 1.54) is 18.0 Å². The van der Waals surface area contributed by atoms with Crippen LogP contribution in [0.1, 0.15) is 47.2 Å². The smallest absolute Gasteiger partial charge is 0.255 e. The lowest BCUT2D eigenvalue weighted by atomic mass is 10.1. The van der Waals surface area contributed by atoms with Crippen LogP contribution >= 0.6 is 0 Å². The molecule has 0 saturated carbocycles. The number of primary amides is 1. The van der Waals surface area contributed by atoms with Gasteiger partial charge in [0.25, 0.3) is 5.91 Å². The van der Waals surface area contributed by atoms with Gasteiger partial charge in [-0.1, -0.05) is 36.4 Å². The average molecular weight is 593 g/mol. The number of hydrogen-bond acceptors (Lipinski definition) is 7. The van der Waals surface area contributed by atoms with Crippen molar-refractivity contribution in [2.24, 2.45) is 5.73 Å². The van der Waals surface area contributed by atoms with Gasteiger partial charge < -0.3 is 36.2 Å². The highest BCUT2D eigenvalue weighted by Crippen LogP contribution is 2.19. The standard InChI is InChI=1S/C30H36N6O7/c1-35-13-14-43-24-6-3-2-5-21(24)28(40)34-22(16-26(38)33-23(30(35)42)15-25(31)37)29(41)32-17-19-8-10-20(11-9-19)18-36-12-4-7-27(36)39/h2-3,5-6,8-11,22-23H,4,7,12-18H2,1H3,(H2,31,37)(H,32,41)(H,33,38)(H,34,40)/t22-,23-/m0/s1. The van der Waals surface area contributed by atoms with Gasteiger partial charge in [-0.15, -0.1) is 0 Å². The largest absolute Gasteiger partial charge is 0.491 e. The van der Waals surface area contributed by atoms with Crippen LogP contribution in [0.2, 0.25) is 0 Å². The molecule has 0 spiro atoms. The summed E-state index contributed by atoms with van der Waals surface area (Å²) in [5, 5.41) is 7.84. The molecule has 2 aliphatic heterocycles. The number of benzene rings is 2. The molecule has 0 aromatic heterocycles. The van der Waals surface area contributed by atoms with E-state index in [0.717, 1.165) is 24.1 Å². The van der Waals surface area contributed by atoms with E-state index in [1.54, 1.807) is 23.1 Å². The fourth-order valence-electron chi connectivity index (χ4n) is 4.90. The Morgan fingerprint density at radius 3 is 2.42 bits per heavy atom. The van der Waals surface area contributed by atoms with Crippen molar-refractivity contribution in [3.63, 3.8) is 0 Å². The lowest BCUT2D eigenvalue weighted by Crippen LogP contribution is -2.53. The lowest BCUT2D eigenvalue weighted by Gasteiger charge is -2.26. The number of likely N-dealkylation sites (tertiary alicyclic amines) is 1. The summed E-state index contributed by atoms with van der Waals surface area (Å²) in [4.78, 5) is 79.2. The summed E-state index contributed by atoms with van der Waals surface area (Å²) in [5.41, 5.74) is 7.21. The normalized spacial score (nSPS) is 19.9. The summed E-state index contributed by atoms with van der Waals surface area (Å²) >= 11 is 0. The van der Waals surface area contributed by atoms with Gasteiger partial charge in [0.2, 0.25) is 29.5 Å². The minimum atomic E-state index is -1.31. The van der Waals surface area contributed by atoms with Crippen LogP contribution in [0.5, 0.6) is 5.75 Å². The Morgan fingerprint density at radius 1 is 1.00 bits per heavy atom. The third-order valence-electron chi connectivity index (χ3n) is 7.28. The van der Waals surface area contributed by atoms with E-state index >= 15 is 0 Å². The van der Waals surface area contributed by atoms with Crippen LogP contribution in [-0.2, 0) is 37.1 Å². The zero-order valence-corrected chi connectivity index (χ0v) is 24.0. The molecule has 0 radical (unpaired) electrons. The van der Waals surface area contributed by atoms with Gasteiger partial charge in [-0.2, -0.15) is 0 Å². The first kappa shape index (κ1) is 31.0. The second kappa shape index (κ2) is 14.3. The molecule has 0 unspecified atom stereocenters. The molecule has 2 atom stereocenters. The van der Waals surface area contributed by atoms with Gasteiger partial charge in [0.15, 0.2) is 0 Å². The summed E-state index contributed by atoms with van der Waals surface area (Å²) in [5.74, 6) is -2.95. The van der Waals surface area contributed by atoms with Gasteiger partial charge >= 0.3 is 0 Å². The third-order valence-corrected chi connectivity index (χ3v) is 7.28. The average Bonchev–Trinajstić information content (AvgIpc) is 3.38. The molecule has 0 bridgehead atoms. The van der Waals surface area contributed by atoms with Crippen LogP contribution in [0.15, 0.2) is 48.5 Å². The first-order chi connectivity index (χ1) is 20.6. The summed E-state index contributed by atoms with van der Waals surface area (Å²) in [6.45, 7) is 1.52. The maximum atomic E-state index is 13.3. The number of fused-ring (bicyclic) bond motifs is 1. The molecule has 228 valence electrons. The molecule has 2 heterocycles. The Morgan fingerprint density at radius 2 is 1.72 bits per heavy atom. The minimum absolute atomic E-state index is 0.0286. The number of ether oxygens (including phenoxy) is 1. The van der Waals surface area contributed by atoms with Gasteiger partial charge in [0, 0.05) is 33.1 Å². The highest BCUT2D eigenvalue weighted by molar-refractivity contribution is 6.01. The maximum Gasteiger partial charge on any atom is 0.255 e. The Hall–Kier alpha value is -4.94. The molecule has 5 N–H and O–H groups in total. The zero-order chi connectivity index (χ0) is 30.9. The highest BCUT2D eigenvalue weighted by atomic mass is 16.5. The maximum absolute atomic E-state index is 13.3. The number of para-hydroxylation sites is 1. The van der Waals surface area contributed by atoms with Gasteiger partial charge in [-0.05, 0) is 29.7 Å². The molecule has 2 aromatic rings. The predicted octanol–water partition coefficient (Wildman–Crippen LogP) is -0.175. The molecule has 0 aliphatic carbocycles. The van der Waals surface area contributed by atoms with Crippen LogP contribution in [0.25, 0.3) is 0 Å². The molecule has 1 fully saturated rings. The molecule has 13 nitrogen and oxygen atoms in total. The molecule has 2 aromatic carbocycles. The fraction of sp³-hybridized carbons (Fsp3) is 0.400. The number of carbonyl (C=O) groups excluding carboxylic acids is 6. The number of likely N-dealkylation sites (N-methyl/N-ethyl adjacent to an activating group) is 1. The number of nitrogens with two attached hydrogens (primary N) is 1. The Bertz CT molecular complexity index is 1380. The van der Waals surface area contributed by atoms with Crippen molar-refractivity contribution >= 4 is 35.4 Å². The van der Waals surface area contributed by atoms with E-state index in [0.29, 0.717) is 13.0 Å². The predicted molar refractivity (Wildman–Crippen MR) is 154 cm³/mol. The Kier molecular flexibility index (Phi) is 10.3. The molecule has 1 saturated heterocycles. The summed E-state index contributed by atoms with van der Waals surface area (Å²) in [6.07, 6.45) is 0.480. The molecule has 4 rings (SSSR count). The van der Waals surface area contributed by atoms with Crippen molar-refractivity contribution in [1.82, 2.24) is 25.8 Å². The minimum Gasteiger partial charge on any atom is -0.491 e. The summed E-state index contributed by atoms with van der Waals surface area (Å²) in [6, 6.07) is 11.3. The molecular weight excluding hydrogens is 556 g/mol. The number of amides is 6. The van der Waals surface area contributed by atoms with Crippen LogP contribution < -0.4 is 26.4 Å². The molecular formula is C30H36N6O7. The van der Waals surface area contributed by atoms with Gasteiger partial charge in [0.05, 0.1) is 24.9 Å². The van der Waals surface area contributed by atoms with E-state index in [9.17, 15) is 28.8 Å². The van der Waals surface area contributed by atoms with Gasteiger partial charge in [0.1, 0.15) is 24.4 Å². The van der Waals surface area contributed by atoms with Crippen molar-refractivity contribution in [2.45, 2.75) is 50.9 Å². The first-order valence-corrected chi connectivity index (χ1v) is 14.1. The monoisotopic (exact) mass is 592 g/mol. The number of hydrogen-bond donors (Lipinski definition) is 4. The van der Waals surface area contributed by atoms with E-state index in [-0.39, 0.29) is 36.9 Å². The van der Waals surface area contributed by atoms with Crippen LogP contribution in [0.4, 0.5) is 0 Å². The molecule has 6 amide bonds. The van der Waals surface area contributed by atoms with E-state index in [2.05, 4.69) is 16.0 Å². The van der Waals surface area contributed by atoms with Crippen molar-refractivity contribution in [2.75, 3.05) is 26.7 Å². The van der Waals surface area contributed by atoms with Crippen LogP contribution in [-0.4, -0.2) is 84.1 Å². The number of carbonyl (C=O) groups is 6. The third kappa shape index (κ3) is 8.53. The topological polar surface area (TPSA) is 180 Å². The van der Waals surface area contributed by atoms with E-state index in [4.69, 9.17) is 10.5 Å². The SMILES string of the molecule is CN1CCOc2ccccc2C(=O)N[C@H](C(=O)NCc2ccc(CN3CCCC3=O)cc2)CC(=O)N[C@@H](CC(N)=O)C1=O. The fourth-order valence-corrected chi connectivity index (χ4v) is 4.90. The van der Waals surface area contributed by atoms with E-state index < -0.39 is 54.5 Å². The number of nitrogens with one attached hydrogen (secondary N) is 3. The highest BCUT2D eigenvalue weighted by Gasteiger charge is 2.30. The second-order valence-electron chi connectivity index (χ2n) is 10.6. The second-order valence-corrected chi connectivity index (χ2v) is 10.6. The van der Waals surface area contributed by atoms with Crippen molar-refractivity contribution in [3.8, 4) is 5.75 Å². The Balaban J connectivity index is 1.49. The lowest BCUT2D eigenvalue weighted by molar-refractivity contribution is -0.137. The zero-order valence-electron chi connectivity index (χ0n) is 24.0. The quantitative estimate of drug-likeness (QED) is 0.344. The summed E-state index contributed by atoms with van der Waals surface area (Å²) in [7, 11) is 1.49. The van der Waals surface area contributed by atoms with Crippen molar-refractivity contribution in [3.05, 3.63) is 65.2 Å². The number of nitrogens with zero attached hydrogens (tertiary/aromatic N) is 2. The van der Waals surface area contributed by atoms with Gasteiger partial charge in [-0.3, -0.25) is 28.8 Å². The van der Waals surface area contributed by atoms with Gasteiger partial charge in [-0.25, -0.2) is 0 Å². The van der Waals surface area contributed by atoms with Crippen molar-refractivity contribution in [1.29, 1.82) is 0 Å². The molecule has 13 heteroatoms. The molecule has 43 heavy (non-hydrogen) atoms. The van der Waals surface area contributed by atoms with Crippen LogP contribution in [0.3, 0.4) is 0 Å².